The average Bonchev–Trinajstić information content (AvgIpc) is 2.93. The number of carbonyl (C=O) groups excluding carboxylic acids is 4. The van der Waals surface area contributed by atoms with E-state index in [0.717, 1.165) is 53.4 Å². The number of rotatable bonds is 9. The van der Waals surface area contributed by atoms with Gasteiger partial charge in [-0.15, -0.1) is 0 Å². The molecule has 2 heterocycles. The van der Waals surface area contributed by atoms with Crippen molar-refractivity contribution in [2.75, 3.05) is 6.61 Å². The number of hydrogen-bond donors (Lipinski definition) is 1. The van der Waals surface area contributed by atoms with Gasteiger partial charge >= 0.3 is 29.5 Å². The maximum atomic E-state index is 12.8. The summed E-state index contributed by atoms with van der Waals surface area (Å²) < 4.78 is 44.4. The van der Waals surface area contributed by atoms with Crippen LogP contribution in [0.4, 0.5) is 0 Å². The number of fused-ring (bicyclic) bond motifs is 1. The standard InChI is InChI=1S/C30H36O14/c1-14-6-8-19(9-7-14)41-26-24(35)21-11-10-20(12-22(21)43-29(26)36)42-30-28(40-18(5)34)27(39-17(4)33)25(38-16(3)32)23(44-30)13-37-15(2)31/h10-12,14,19,23,25,27-28,30,35H,6-9,13H2,1-5H3/t14-,19+,23-,25-,27+,28-,30-/m1/s1. The zero-order valence-electron chi connectivity index (χ0n) is 25.1. The van der Waals surface area contributed by atoms with E-state index in [1.807, 2.05) is 0 Å². The molecule has 0 bridgehead atoms. The number of carbonyl (C=O) groups is 4. The molecule has 1 aromatic heterocycles. The predicted molar refractivity (Wildman–Crippen MR) is 149 cm³/mol. The smallest absolute Gasteiger partial charge is 0.383 e. The van der Waals surface area contributed by atoms with Gasteiger partial charge in [-0.3, -0.25) is 19.2 Å². The molecule has 240 valence electrons. The molecule has 4 rings (SSSR count). The number of hydrogen-bond acceptors (Lipinski definition) is 14. The first-order chi connectivity index (χ1) is 20.8. The molecule has 1 saturated carbocycles. The summed E-state index contributed by atoms with van der Waals surface area (Å²) >= 11 is 0. The zero-order chi connectivity index (χ0) is 32.1. The lowest BCUT2D eigenvalue weighted by molar-refractivity contribution is -0.288. The molecule has 1 aliphatic carbocycles. The van der Waals surface area contributed by atoms with E-state index in [9.17, 15) is 29.1 Å². The highest BCUT2D eigenvalue weighted by Gasteiger charge is 2.53. The van der Waals surface area contributed by atoms with Gasteiger partial charge in [0.2, 0.25) is 18.1 Å². The van der Waals surface area contributed by atoms with Crippen LogP contribution in [-0.4, -0.2) is 72.4 Å². The molecule has 1 N–H and O–H groups in total. The highest BCUT2D eigenvalue weighted by molar-refractivity contribution is 5.86. The first-order valence-electron chi connectivity index (χ1n) is 14.3. The van der Waals surface area contributed by atoms with Crippen molar-refractivity contribution in [3.05, 3.63) is 28.6 Å². The molecule has 14 nitrogen and oxygen atoms in total. The molecule has 0 spiro atoms. The van der Waals surface area contributed by atoms with Crippen LogP contribution in [0.15, 0.2) is 27.4 Å². The van der Waals surface area contributed by atoms with Crippen LogP contribution in [0.25, 0.3) is 11.0 Å². The highest BCUT2D eigenvalue weighted by atomic mass is 16.7. The summed E-state index contributed by atoms with van der Waals surface area (Å²) in [4.78, 5) is 60.4. The molecule has 0 unspecified atom stereocenters. The predicted octanol–water partition coefficient (Wildman–Crippen LogP) is 2.92. The Morgan fingerprint density at radius 3 is 2.07 bits per heavy atom. The second kappa shape index (κ2) is 14.0. The van der Waals surface area contributed by atoms with Gasteiger partial charge in [-0.05, 0) is 43.7 Å². The molecule has 44 heavy (non-hydrogen) atoms. The van der Waals surface area contributed by atoms with Crippen molar-refractivity contribution in [3.63, 3.8) is 0 Å². The third-order valence-corrected chi connectivity index (χ3v) is 7.26. The second-order valence-corrected chi connectivity index (χ2v) is 10.9. The van der Waals surface area contributed by atoms with E-state index in [2.05, 4.69) is 6.92 Å². The summed E-state index contributed by atoms with van der Waals surface area (Å²) in [5, 5.41) is 11.1. The minimum atomic E-state index is -1.50. The zero-order valence-corrected chi connectivity index (χ0v) is 25.1. The third kappa shape index (κ3) is 7.98. The molecular weight excluding hydrogens is 584 g/mol. The molecule has 1 aliphatic heterocycles. The van der Waals surface area contributed by atoms with Gasteiger partial charge in [0, 0.05) is 33.8 Å². The Labute approximate surface area is 252 Å². The monoisotopic (exact) mass is 620 g/mol. The lowest BCUT2D eigenvalue weighted by Gasteiger charge is -2.43. The minimum Gasteiger partial charge on any atom is -0.504 e. The Kier molecular flexibility index (Phi) is 10.3. The Morgan fingerprint density at radius 2 is 1.45 bits per heavy atom. The van der Waals surface area contributed by atoms with E-state index < -0.39 is 66.8 Å². The maximum absolute atomic E-state index is 12.8. The van der Waals surface area contributed by atoms with Crippen LogP contribution in [0.2, 0.25) is 0 Å². The summed E-state index contributed by atoms with van der Waals surface area (Å²) in [6, 6.07) is 4.17. The van der Waals surface area contributed by atoms with Crippen molar-refractivity contribution in [2.24, 2.45) is 5.92 Å². The van der Waals surface area contributed by atoms with Crippen LogP contribution in [0, 0.1) is 5.92 Å². The van der Waals surface area contributed by atoms with E-state index in [1.54, 1.807) is 0 Å². The molecule has 14 heteroatoms. The Bertz CT molecular complexity index is 1440. The first kappa shape index (κ1) is 32.6. The van der Waals surface area contributed by atoms with Gasteiger partial charge in [-0.2, -0.15) is 0 Å². The van der Waals surface area contributed by atoms with E-state index in [1.165, 1.54) is 18.2 Å². The number of benzene rings is 1. The second-order valence-electron chi connectivity index (χ2n) is 10.9. The van der Waals surface area contributed by atoms with Crippen molar-refractivity contribution in [1.29, 1.82) is 0 Å². The van der Waals surface area contributed by atoms with Crippen LogP contribution in [0.3, 0.4) is 0 Å². The fourth-order valence-corrected chi connectivity index (χ4v) is 5.26. The van der Waals surface area contributed by atoms with E-state index in [0.29, 0.717) is 5.92 Å². The first-order valence-corrected chi connectivity index (χ1v) is 14.3. The lowest BCUT2D eigenvalue weighted by atomic mass is 9.89. The van der Waals surface area contributed by atoms with E-state index in [-0.39, 0.29) is 34.3 Å². The van der Waals surface area contributed by atoms with Crippen LogP contribution in [0.1, 0.15) is 60.3 Å². The van der Waals surface area contributed by atoms with Gasteiger partial charge in [0.25, 0.3) is 0 Å². The summed E-state index contributed by atoms with van der Waals surface area (Å²) in [5.74, 6) is -3.06. The molecule has 1 aromatic carbocycles. The van der Waals surface area contributed by atoms with Gasteiger partial charge in [0.1, 0.15) is 24.0 Å². The summed E-state index contributed by atoms with van der Waals surface area (Å²) in [7, 11) is 0. The van der Waals surface area contributed by atoms with Gasteiger partial charge in [-0.25, -0.2) is 4.79 Å². The molecule has 0 radical (unpaired) electrons. The Balaban J connectivity index is 1.66. The molecule has 0 amide bonds. The fourth-order valence-electron chi connectivity index (χ4n) is 5.26. The number of esters is 4. The third-order valence-electron chi connectivity index (χ3n) is 7.26. The van der Waals surface area contributed by atoms with Crippen molar-refractivity contribution < 1.29 is 61.9 Å². The summed E-state index contributed by atoms with van der Waals surface area (Å²) in [6.07, 6.45) is -3.77. The van der Waals surface area contributed by atoms with Crippen LogP contribution in [0.5, 0.6) is 17.2 Å². The molecule has 5 atom stereocenters. The van der Waals surface area contributed by atoms with Gasteiger partial charge < -0.3 is 42.7 Å². The van der Waals surface area contributed by atoms with Crippen LogP contribution < -0.4 is 15.1 Å². The number of ether oxygens (including phenoxy) is 7. The van der Waals surface area contributed by atoms with Crippen LogP contribution >= 0.6 is 0 Å². The highest BCUT2D eigenvalue weighted by Crippen LogP contribution is 2.37. The van der Waals surface area contributed by atoms with Gasteiger partial charge in [0.15, 0.2) is 18.0 Å². The van der Waals surface area contributed by atoms with Crippen molar-refractivity contribution in [3.8, 4) is 17.2 Å². The van der Waals surface area contributed by atoms with E-state index in [4.69, 9.17) is 37.6 Å². The largest absolute Gasteiger partial charge is 0.504 e. The normalized spacial score (nSPS) is 26.7. The van der Waals surface area contributed by atoms with Crippen molar-refractivity contribution in [1.82, 2.24) is 0 Å². The van der Waals surface area contributed by atoms with Crippen LogP contribution in [-0.2, 0) is 42.9 Å². The minimum absolute atomic E-state index is 0.0379. The molecule has 2 aromatic rings. The molecular formula is C30H36O14. The SMILES string of the molecule is CC(=O)OC[C@H]1O[C@@H](Oc2ccc3c(O)c(O[C@H]4CC[C@@H](C)CC4)c(=O)oc3c2)[C@H](OC(C)=O)[C@@H](OC(C)=O)[C@@H]1OC(C)=O. The molecule has 2 aliphatic rings. The summed E-state index contributed by atoms with van der Waals surface area (Å²) in [6.45, 7) is 6.20. The van der Waals surface area contributed by atoms with Crippen molar-refractivity contribution in [2.45, 2.75) is 97.1 Å². The average molecular weight is 621 g/mol. The van der Waals surface area contributed by atoms with Gasteiger partial charge in [0.05, 0.1) is 11.5 Å². The molecule has 1 saturated heterocycles. The quantitative estimate of drug-likeness (QED) is 0.245. The summed E-state index contributed by atoms with van der Waals surface area (Å²) in [5.41, 5.74) is -0.918. The van der Waals surface area contributed by atoms with Gasteiger partial charge in [-0.1, -0.05) is 6.92 Å². The molecule has 2 fully saturated rings. The topological polar surface area (TPSA) is 183 Å². The lowest BCUT2D eigenvalue weighted by Crippen LogP contribution is -2.63. The maximum Gasteiger partial charge on any atom is 0.383 e. The Hall–Kier alpha value is -4.33. The van der Waals surface area contributed by atoms with E-state index >= 15 is 0 Å². The Morgan fingerprint density at radius 1 is 0.841 bits per heavy atom. The fraction of sp³-hybridized carbons (Fsp3) is 0.567. The number of aromatic hydroxyl groups is 1. The van der Waals surface area contributed by atoms with Crippen molar-refractivity contribution >= 4 is 34.8 Å².